The second-order valence-electron chi connectivity index (χ2n) is 5.12. The molecule has 2 rings (SSSR count). The first-order valence-corrected chi connectivity index (χ1v) is 7.93. The minimum Gasteiger partial charge on any atom is -0.228 e. The van der Waals surface area contributed by atoms with Crippen LogP contribution in [0.1, 0.15) is 30.8 Å². The van der Waals surface area contributed by atoms with Crippen LogP contribution in [0.3, 0.4) is 0 Å². The maximum absolute atomic E-state index is 4.79. The molecule has 2 aromatic rings. The van der Waals surface area contributed by atoms with Gasteiger partial charge in [0.05, 0.1) is 11.4 Å². The Morgan fingerprint density at radius 2 is 1.75 bits per heavy atom. The van der Waals surface area contributed by atoms with Gasteiger partial charge in [0.25, 0.3) is 0 Å². The van der Waals surface area contributed by atoms with Crippen molar-refractivity contribution in [3.8, 4) is 11.4 Å². The summed E-state index contributed by atoms with van der Waals surface area (Å²) in [7, 11) is 0. The first-order chi connectivity index (χ1) is 11.7. The lowest BCUT2D eigenvalue weighted by molar-refractivity contribution is 1.13. The quantitative estimate of drug-likeness (QED) is 0.614. The number of aromatic nitrogens is 2. The summed E-state index contributed by atoms with van der Waals surface area (Å²) in [6, 6.07) is 9.97. The van der Waals surface area contributed by atoms with E-state index in [0.717, 1.165) is 28.1 Å². The average Bonchev–Trinajstić information content (AvgIpc) is 2.63. The molecule has 0 amide bonds. The number of benzene rings is 1. The fourth-order valence-electron chi connectivity index (χ4n) is 2.35. The number of hydrogen-bond donors (Lipinski definition) is 0. The van der Waals surface area contributed by atoms with Gasteiger partial charge in [0.15, 0.2) is 5.82 Å². The van der Waals surface area contributed by atoms with Gasteiger partial charge in [0, 0.05) is 16.7 Å². The van der Waals surface area contributed by atoms with Crippen LogP contribution in [0.4, 0.5) is 0 Å². The Morgan fingerprint density at radius 3 is 2.33 bits per heavy atom. The van der Waals surface area contributed by atoms with E-state index in [9.17, 15) is 0 Å². The Balaban J connectivity index is 2.78. The fraction of sp³-hybridized carbons (Fsp3) is 0.0909. The Labute approximate surface area is 144 Å². The molecule has 0 fully saturated rings. The molecule has 0 aliphatic rings. The minimum atomic E-state index is 0.692. The van der Waals surface area contributed by atoms with Crippen LogP contribution < -0.4 is 0 Å². The Hall–Kier alpha value is -3.00. The third-order valence-corrected chi connectivity index (χ3v) is 3.50. The van der Waals surface area contributed by atoms with Crippen LogP contribution in [-0.4, -0.2) is 9.97 Å². The SMILES string of the molecule is C=C/C(=C\C=C/C)c1nc(-c2ccccc2)nc(/C=C\C)c1C=C. The molecule has 24 heavy (non-hydrogen) atoms. The van der Waals surface area contributed by atoms with Gasteiger partial charge in [-0.1, -0.05) is 79.9 Å². The second-order valence-corrected chi connectivity index (χ2v) is 5.12. The van der Waals surface area contributed by atoms with Crippen molar-refractivity contribution in [3.63, 3.8) is 0 Å². The van der Waals surface area contributed by atoms with Gasteiger partial charge in [-0.3, -0.25) is 0 Å². The Morgan fingerprint density at radius 1 is 1.00 bits per heavy atom. The average molecular weight is 314 g/mol. The molecular weight excluding hydrogens is 292 g/mol. The van der Waals surface area contributed by atoms with Gasteiger partial charge in [-0.25, -0.2) is 9.97 Å². The third kappa shape index (κ3) is 3.85. The first kappa shape index (κ1) is 17.4. The molecule has 0 atom stereocenters. The molecule has 0 aliphatic heterocycles. The predicted molar refractivity (Wildman–Crippen MR) is 105 cm³/mol. The molecule has 0 bridgehead atoms. The monoisotopic (exact) mass is 314 g/mol. The van der Waals surface area contributed by atoms with Crippen molar-refractivity contribution in [2.45, 2.75) is 13.8 Å². The van der Waals surface area contributed by atoms with E-state index >= 15 is 0 Å². The summed E-state index contributed by atoms with van der Waals surface area (Å²) < 4.78 is 0. The van der Waals surface area contributed by atoms with E-state index in [1.54, 1.807) is 6.08 Å². The molecule has 0 saturated carbocycles. The molecule has 0 aliphatic carbocycles. The molecule has 1 aromatic carbocycles. The highest BCUT2D eigenvalue weighted by Crippen LogP contribution is 2.26. The van der Waals surface area contributed by atoms with E-state index in [4.69, 9.17) is 9.97 Å². The molecule has 2 nitrogen and oxygen atoms in total. The zero-order chi connectivity index (χ0) is 17.4. The summed E-state index contributed by atoms with van der Waals surface area (Å²) in [6.07, 6.45) is 13.5. The van der Waals surface area contributed by atoms with Crippen LogP contribution in [0.15, 0.2) is 73.9 Å². The van der Waals surface area contributed by atoms with Gasteiger partial charge in [-0.15, -0.1) is 0 Å². The van der Waals surface area contributed by atoms with E-state index in [0.29, 0.717) is 5.82 Å². The lowest BCUT2D eigenvalue weighted by atomic mass is 10.0. The molecule has 1 heterocycles. The maximum Gasteiger partial charge on any atom is 0.160 e. The summed E-state index contributed by atoms with van der Waals surface area (Å²) in [5.41, 5.74) is 4.51. The minimum absolute atomic E-state index is 0.692. The van der Waals surface area contributed by atoms with Gasteiger partial charge < -0.3 is 0 Å². The van der Waals surface area contributed by atoms with E-state index in [-0.39, 0.29) is 0 Å². The third-order valence-electron chi connectivity index (χ3n) is 3.50. The van der Waals surface area contributed by atoms with Crippen LogP contribution >= 0.6 is 0 Å². The number of rotatable bonds is 6. The van der Waals surface area contributed by atoms with Crippen molar-refractivity contribution in [1.29, 1.82) is 0 Å². The van der Waals surface area contributed by atoms with Crippen LogP contribution in [0.25, 0.3) is 29.1 Å². The van der Waals surface area contributed by atoms with Crippen LogP contribution in [0.2, 0.25) is 0 Å². The zero-order valence-corrected chi connectivity index (χ0v) is 14.2. The molecule has 120 valence electrons. The summed E-state index contributed by atoms with van der Waals surface area (Å²) >= 11 is 0. The van der Waals surface area contributed by atoms with Gasteiger partial charge in [0.2, 0.25) is 0 Å². The number of hydrogen-bond acceptors (Lipinski definition) is 2. The van der Waals surface area contributed by atoms with Gasteiger partial charge >= 0.3 is 0 Å². The summed E-state index contributed by atoms with van der Waals surface area (Å²) in [5.74, 6) is 0.692. The smallest absolute Gasteiger partial charge is 0.160 e. The van der Waals surface area contributed by atoms with Crippen molar-refractivity contribution in [2.24, 2.45) is 0 Å². The van der Waals surface area contributed by atoms with E-state index < -0.39 is 0 Å². The van der Waals surface area contributed by atoms with Crippen molar-refractivity contribution >= 4 is 17.7 Å². The van der Waals surface area contributed by atoms with Crippen LogP contribution in [-0.2, 0) is 0 Å². The van der Waals surface area contributed by atoms with Gasteiger partial charge in [0.1, 0.15) is 0 Å². The predicted octanol–water partition coefficient (Wildman–Crippen LogP) is 5.97. The summed E-state index contributed by atoms with van der Waals surface area (Å²) in [4.78, 5) is 9.50. The number of nitrogens with zero attached hydrogens (tertiary/aromatic N) is 2. The van der Waals surface area contributed by atoms with Crippen molar-refractivity contribution in [2.75, 3.05) is 0 Å². The molecule has 0 spiro atoms. The Bertz CT molecular complexity index is 809. The lowest BCUT2D eigenvalue weighted by Gasteiger charge is -2.12. The van der Waals surface area contributed by atoms with E-state index in [1.807, 2.05) is 80.6 Å². The molecule has 0 radical (unpaired) electrons. The second kappa shape index (κ2) is 8.59. The highest BCUT2D eigenvalue weighted by Gasteiger charge is 2.13. The molecule has 0 unspecified atom stereocenters. The normalized spacial score (nSPS) is 12.0. The standard InChI is InChI=1S/C22H22N2/c1-5-9-14-17(7-3)21-19(8-4)20(13-6-2)23-22(24-21)18-15-11-10-12-16-18/h5-16H,3-4H2,1-2H3/b9-5-,13-6-,17-14+. The number of allylic oxidation sites excluding steroid dienone is 6. The highest BCUT2D eigenvalue weighted by atomic mass is 14.9. The highest BCUT2D eigenvalue weighted by molar-refractivity contribution is 5.82. The largest absolute Gasteiger partial charge is 0.228 e. The van der Waals surface area contributed by atoms with Gasteiger partial charge in [-0.2, -0.15) is 0 Å². The molecule has 1 aromatic heterocycles. The van der Waals surface area contributed by atoms with E-state index in [2.05, 4.69) is 13.2 Å². The van der Waals surface area contributed by atoms with Crippen LogP contribution in [0.5, 0.6) is 0 Å². The van der Waals surface area contributed by atoms with E-state index in [1.165, 1.54) is 0 Å². The Kier molecular flexibility index (Phi) is 6.21. The summed E-state index contributed by atoms with van der Waals surface area (Å²) in [5, 5.41) is 0. The van der Waals surface area contributed by atoms with Crippen molar-refractivity contribution < 1.29 is 0 Å². The molecule has 0 N–H and O–H groups in total. The lowest BCUT2D eigenvalue weighted by Crippen LogP contribution is -2.02. The molecular formula is C22H22N2. The fourth-order valence-corrected chi connectivity index (χ4v) is 2.35. The summed E-state index contributed by atoms with van der Waals surface area (Å²) in [6.45, 7) is 11.8. The van der Waals surface area contributed by atoms with Crippen LogP contribution in [0, 0.1) is 0 Å². The van der Waals surface area contributed by atoms with Crippen molar-refractivity contribution in [1.82, 2.24) is 9.97 Å². The van der Waals surface area contributed by atoms with Gasteiger partial charge in [-0.05, 0) is 19.9 Å². The molecule has 0 saturated heterocycles. The topological polar surface area (TPSA) is 25.8 Å². The zero-order valence-electron chi connectivity index (χ0n) is 14.2. The van der Waals surface area contributed by atoms with Crippen molar-refractivity contribution in [3.05, 3.63) is 90.8 Å². The maximum atomic E-state index is 4.79. The first-order valence-electron chi connectivity index (χ1n) is 7.93. The molecule has 2 heteroatoms.